The summed E-state index contributed by atoms with van der Waals surface area (Å²) in [6.45, 7) is 6.52. The Morgan fingerprint density at radius 3 is 2.35 bits per heavy atom. The van der Waals surface area contributed by atoms with Gasteiger partial charge in [0.25, 0.3) is 0 Å². The van der Waals surface area contributed by atoms with Gasteiger partial charge in [-0.25, -0.2) is 4.79 Å². The van der Waals surface area contributed by atoms with E-state index < -0.39 is 11.7 Å². The first-order chi connectivity index (χ1) is 7.90. The van der Waals surface area contributed by atoms with Crippen LogP contribution in [0.5, 0.6) is 0 Å². The standard InChI is InChI=1S/C11H23NO5/c1-11(2,3)17-10(14)12(9-13)5-6-16-8-7-15-4/h13H,5-9H2,1-4H3. The van der Waals surface area contributed by atoms with Crippen LogP contribution in [0.15, 0.2) is 0 Å². The van der Waals surface area contributed by atoms with E-state index in [0.717, 1.165) is 0 Å². The van der Waals surface area contributed by atoms with Crippen LogP contribution in [-0.2, 0) is 14.2 Å². The average molecular weight is 249 g/mol. The van der Waals surface area contributed by atoms with Crippen LogP contribution in [0.2, 0.25) is 0 Å². The summed E-state index contributed by atoms with van der Waals surface area (Å²) in [7, 11) is 1.59. The van der Waals surface area contributed by atoms with Crippen molar-refractivity contribution in [3.05, 3.63) is 0 Å². The fourth-order valence-corrected chi connectivity index (χ4v) is 0.965. The van der Waals surface area contributed by atoms with E-state index in [1.807, 2.05) is 0 Å². The molecule has 17 heavy (non-hydrogen) atoms. The third kappa shape index (κ3) is 8.91. The summed E-state index contributed by atoms with van der Waals surface area (Å²) in [6.07, 6.45) is -0.546. The number of hydrogen-bond donors (Lipinski definition) is 1. The highest BCUT2D eigenvalue weighted by Crippen LogP contribution is 2.09. The molecule has 102 valence electrons. The zero-order valence-electron chi connectivity index (χ0n) is 11.1. The quantitative estimate of drug-likeness (QED) is 0.535. The predicted molar refractivity (Wildman–Crippen MR) is 62.7 cm³/mol. The van der Waals surface area contributed by atoms with E-state index in [2.05, 4.69) is 0 Å². The van der Waals surface area contributed by atoms with Crippen molar-refractivity contribution >= 4 is 6.09 Å². The van der Waals surface area contributed by atoms with Gasteiger partial charge < -0.3 is 19.3 Å². The third-order valence-corrected chi connectivity index (χ3v) is 1.76. The Morgan fingerprint density at radius 2 is 1.88 bits per heavy atom. The zero-order chi connectivity index (χ0) is 13.3. The molecule has 6 nitrogen and oxygen atoms in total. The molecule has 1 amide bonds. The Labute approximate surface area is 102 Å². The Balaban J connectivity index is 3.86. The van der Waals surface area contributed by atoms with Crippen molar-refractivity contribution in [2.24, 2.45) is 0 Å². The number of aliphatic hydroxyl groups excluding tert-OH is 1. The van der Waals surface area contributed by atoms with Crippen molar-refractivity contribution in [1.82, 2.24) is 4.90 Å². The van der Waals surface area contributed by atoms with Gasteiger partial charge in [-0.15, -0.1) is 0 Å². The minimum Gasteiger partial charge on any atom is -0.444 e. The summed E-state index contributed by atoms with van der Waals surface area (Å²) in [5.74, 6) is 0. The molecular formula is C11H23NO5. The second-order valence-corrected chi connectivity index (χ2v) is 4.49. The maximum absolute atomic E-state index is 11.6. The highest BCUT2D eigenvalue weighted by Gasteiger charge is 2.21. The second-order valence-electron chi connectivity index (χ2n) is 4.49. The Morgan fingerprint density at radius 1 is 1.24 bits per heavy atom. The number of amides is 1. The van der Waals surface area contributed by atoms with Gasteiger partial charge >= 0.3 is 6.09 Å². The molecule has 0 aliphatic rings. The number of carbonyl (C=O) groups is 1. The summed E-state index contributed by atoms with van der Waals surface area (Å²) in [6, 6.07) is 0. The SMILES string of the molecule is COCCOCCN(CO)C(=O)OC(C)(C)C. The summed E-state index contributed by atoms with van der Waals surface area (Å²) in [5.41, 5.74) is -0.568. The summed E-state index contributed by atoms with van der Waals surface area (Å²) in [5, 5.41) is 9.04. The molecule has 1 N–H and O–H groups in total. The lowest BCUT2D eigenvalue weighted by Crippen LogP contribution is -2.39. The summed E-state index contributed by atoms with van der Waals surface area (Å²) in [4.78, 5) is 12.8. The molecule has 0 aliphatic heterocycles. The molecule has 0 aromatic carbocycles. The van der Waals surface area contributed by atoms with Crippen LogP contribution < -0.4 is 0 Å². The van der Waals surface area contributed by atoms with Crippen molar-refractivity contribution < 1.29 is 24.1 Å². The Bertz CT molecular complexity index is 214. The lowest BCUT2D eigenvalue weighted by molar-refractivity contribution is -0.00588. The molecule has 0 fully saturated rings. The number of carbonyl (C=O) groups excluding carboxylic acids is 1. The first-order valence-electron chi connectivity index (χ1n) is 5.56. The molecule has 0 saturated heterocycles. The van der Waals surface area contributed by atoms with Crippen LogP contribution in [0.3, 0.4) is 0 Å². The van der Waals surface area contributed by atoms with Crippen LogP contribution >= 0.6 is 0 Å². The lowest BCUT2D eigenvalue weighted by atomic mass is 10.2. The van der Waals surface area contributed by atoms with E-state index in [1.165, 1.54) is 4.90 Å². The van der Waals surface area contributed by atoms with E-state index in [4.69, 9.17) is 19.3 Å². The van der Waals surface area contributed by atoms with Gasteiger partial charge in [0.15, 0.2) is 0 Å². The van der Waals surface area contributed by atoms with Gasteiger partial charge in [-0.2, -0.15) is 0 Å². The van der Waals surface area contributed by atoms with Crippen molar-refractivity contribution in [2.75, 3.05) is 40.2 Å². The average Bonchev–Trinajstić information content (AvgIpc) is 2.20. The molecule has 0 radical (unpaired) electrons. The van der Waals surface area contributed by atoms with Crippen LogP contribution in [-0.4, -0.2) is 61.9 Å². The molecule has 0 aromatic heterocycles. The summed E-state index contributed by atoms with van der Waals surface area (Å²) >= 11 is 0. The molecule has 0 aliphatic carbocycles. The molecule has 0 spiro atoms. The molecular weight excluding hydrogens is 226 g/mol. The number of methoxy groups -OCH3 is 1. The normalized spacial score (nSPS) is 11.4. The van der Waals surface area contributed by atoms with Gasteiger partial charge in [0.05, 0.1) is 19.8 Å². The number of hydrogen-bond acceptors (Lipinski definition) is 5. The molecule has 0 rings (SSSR count). The predicted octanol–water partition coefficient (Wildman–Crippen LogP) is 0.836. The maximum atomic E-state index is 11.6. The monoisotopic (exact) mass is 249 g/mol. The maximum Gasteiger partial charge on any atom is 0.412 e. The largest absolute Gasteiger partial charge is 0.444 e. The smallest absolute Gasteiger partial charge is 0.412 e. The summed E-state index contributed by atoms with van der Waals surface area (Å²) < 4.78 is 15.1. The minimum atomic E-state index is -0.568. The highest BCUT2D eigenvalue weighted by molar-refractivity contribution is 5.67. The van der Waals surface area contributed by atoms with Crippen molar-refractivity contribution in [2.45, 2.75) is 26.4 Å². The Hall–Kier alpha value is -0.850. The third-order valence-electron chi connectivity index (χ3n) is 1.76. The van der Waals surface area contributed by atoms with E-state index >= 15 is 0 Å². The Kier molecular flexibility index (Phi) is 7.86. The van der Waals surface area contributed by atoms with Gasteiger partial charge in [-0.05, 0) is 20.8 Å². The molecule has 0 heterocycles. The number of nitrogens with zero attached hydrogens (tertiary/aromatic N) is 1. The first kappa shape index (κ1) is 16.1. The minimum absolute atomic E-state index is 0.287. The fraction of sp³-hybridized carbons (Fsp3) is 0.909. The van der Waals surface area contributed by atoms with Gasteiger partial charge in [-0.3, -0.25) is 4.90 Å². The van der Waals surface area contributed by atoms with Crippen molar-refractivity contribution in [1.29, 1.82) is 0 Å². The molecule has 0 atom stereocenters. The van der Waals surface area contributed by atoms with Gasteiger partial charge in [0, 0.05) is 13.7 Å². The zero-order valence-corrected chi connectivity index (χ0v) is 11.1. The molecule has 0 saturated carbocycles. The molecule has 6 heteroatoms. The molecule has 0 unspecified atom stereocenters. The van der Waals surface area contributed by atoms with Gasteiger partial charge in [-0.1, -0.05) is 0 Å². The number of aliphatic hydroxyl groups is 1. The van der Waals surface area contributed by atoms with Crippen LogP contribution in [0.4, 0.5) is 4.79 Å². The van der Waals surface area contributed by atoms with Gasteiger partial charge in [0.1, 0.15) is 12.3 Å². The van der Waals surface area contributed by atoms with Crippen molar-refractivity contribution in [3.63, 3.8) is 0 Å². The number of ether oxygens (including phenoxy) is 3. The molecule has 0 aromatic rings. The van der Waals surface area contributed by atoms with Crippen molar-refractivity contribution in [3.8, 4) is 0 Å². The van der Waals surface area contributed by atoms with E-state index in [-0.39, 0.29) is 13.3 Å². The lowest BCUT2D eigenvalue weighted by Gasteiger charge is -2.25. The van der Waals surface area contributed by atoms with E-state index in [1.54, 1.807) is 27.9 Å². The topological polar surface area (TPSA) is 68.2 Å². The van der Waals surface area contributed by atoms with Crippen LogP contribution in [0.25, 0.3) is 0 Å². The van der Waals surface area contributed by atoms with E-state index in [0.29, 0.717) is 19.8 Å². The van der Waals surface area contributed by atoms with Crippen LogP contribution in [0, 0.1) is 0 Å². The first-order valence-corrected chi connectivity index (χ1v) is 5.56. The molecule has 0 bridgehead atoms. The number of rotatable bonds is 7. The van der Waals surface area contributed by atoms with Gasteiger partial charge in [0.2, 0.25) is 0 Å². The van der Waals surface area contributed by atoms with Crippen LogP contribution in [0.1, 0.15) is 20.8 Å². The highest BCUT2D eigenvalue weighted by atomic mass is 16.6. The fourth-order valence-electron chi connectivity index (χ4n) is 0.965. The van der Waals surface area contributed by atoms with E-state index in [9.17, 15) is 4.79 Å². The second kappa shape index (κ2) is 8.27.